The molecule has 0 spiro atoms. The Kier molecular flexibility index (Phi) is 2.12. The molecule has 6 heteroatoms. The van der Waals surface area contributed by atoms with Gasteiger partial charge in [0.15, 0.2) is 5.82 Å². The predicted molar refractivity (Wildman–Crippen MR) is 55.6 cm³/mol. The van der Waals surface area contributed by atoms with E-state index in [1.54, 1.807) is 18.2 Å². The Labute approximate surface area is 88.1 Å². The molecule has 0 amide bonds. The molecule has 2 rings (SSSR count). The van der Waals surface area contributed by atoms with Crippen LogP contribution in [0.2, 0.25) is 0 Å². The number of hydrogen-bond acceptors (Lipinski definition) is 4. The largest absolute Gasteiger partial charge is 0.507 e. The van der Waals surface area contributed by atoms with Gasteiger partial charge in [0.1, 0.15) is 5.75 Å². The van der Waals surface area contributed by atoms with E-state index in [9.17, 15) is 5.11 Å². The van der Waals surface area contributed by atoms with E-state index in [0.717, 1.165) is 4.47 Å². The highest BCUT2D eigenvalue weighted by atomic mass is 79.9. The third-order valence-corrected chi connectivity index (χ3v) is 2.21. The molecule has 0 aliphatic rings. The molecule has 5 nitrogen and oxygen atoms in total. The maximum atomic E-state index is 9.60. The normalized spacial score (nSPS) is 10.4. The number of phenols is 1. The average Bonchev–Trinajstić information content (AvgIpc) is 2.51. The fourth-order valence-electron chi connectivity index (χ4n) is 1.10. The lowest BCUT2D eigenvalue weighted by Crippen LogP contribution is -1.85. The van der Waals surface area contributed by atoms with Gasteiger partial charge in [-0.25, -0.2) is 0 Å². The third-order valence-electron chi connectivity index (χ3n) is 1.72. The van der Waals surface area contributed by atoms with Gasteiger partial charge < -0.3 is 10.8 Å². The van der Waals surface area contributed by atoms with Gasteiger partial charge in [-0.1, -0.05) is 15.9 Å². The Morgan fingerprint density at radius 1 is 1.43 bits per heavy atom. The summed E-state index contributed by atoms with van der Waals surface area (Å²) in [5.41, 5.74) is 5.92. The molecule has 0 atom stereocenters. The number of halogens is 1. The van der Waals surface area contributed by atoms with Gasteiger partial charge in [-0.15, -0.1) is 5.10 Å². The fourth-order valence-corrected chi connectivity index (χ4v) is 1.45. The minimum Gasteiger partial charge on any atom is -0.507 e. The van der Waals surface area contributed by atoms with Gasteiger partial charge in [-0.05, 0) is 18.2 Å². The van der Waals surface area contributed by atoms with Crippen molar-refractivity contribution in [2.45, 2.75) is 0 Å². The van der Waals surface area contributed by atoms with Crippen molar-refractivity contribution < 1.29 is 5.11 Å². The Morgan fingerprint density at radius 3 is 2.79 bits per heavy atom. The van der Waals surface area contributed by atoms with Crippen molar-refractivity contribution in [3.05, 3.63) is 22.7 Å². The summed E-state index contributed by atoms with van der Waals surface area (Å²) >= 11 is 3.24. The van der Waals surface area contributed by atoms with Crippen molar-refractivity contribution >= 4 is 21.9 Å². The first-order valence-corrected chi connectivity index (χ1v) is 4.63. The monoisotopic (exact) mass is 254 g/mol. The summed E-state index contributed by atoms with van der Waals surface area (Å²) in [7, 11) is 0. The number of nitrogens with two attached hydrogens (primary N) is 1. The number of nitrogen functional groups attached to an aromatic ring is 1. The van der Waals surface area contributed by atoms with Crippen molar-refractivity contribution in [1.29, 1.82) is 0 Å². The zero-order valence-electron chi connectivity index (χ0n) is 7.03. The zero-order chi connectivity index (χ0) is 10.1. The van der Waals surface area contributed by atoms with Crippen molar-refractivity contribution in [1.82, 2.24) is 15.2 Å². The van der Waals surface area contributed by atoms with Crippen LogP contribution in [0.3, 0.4) is 0 Å². The lowest BCUT2D eigenvalue weighted by Gasteiger charge is -2.00. The molecule has 0 bridgehead atoms. The molecule has 0 fully saturated rings. The number of benzene rings is 1. The quantitative estimate of drug-likeness (QED) is 0.720. The van der Waals surface area contributed by atoms with Gasteiger partial charge >= 0.3 is 0 Å². The highest BCUT2D eigenvalue weighted by Crippen LogP contribution is 2.29. The Hall–Kier alpha value is -1.56. The molecule has 4 N–H and O–H groups in total. The number of hydrogen-bond donors (Lipinski definition) is 3. The van der Waals surface area contributed by atoms with E-state index in [-0.39, 0.29) is 11.7 Å². The highest BCUT2D eigenvalue weighted by molar-refractivity contribution is 9.10. The van der Waals surface area contributed by atoms with Crippen LogP contribution in [0.1, 0.15) is 0 Å². The molecule has 0 aliphatic carbocycles. The molecule has 1 aromatic carbocycles. The van der Waals surface area contributed by atoms with Crippen LogP contribution < -0.4 is 5.73 Å². The van der Waals surface area contributed by atoms with Crippen LogP contribution in [-0.2, 0) is 0 Å². The van der Waals surface area contributed by atoms with E-state index in [2.05, 4.69) is 31.1 Å². The van der Waals surface area contributed by atoms with Crippen LogP contribution in [-0.4, -0.2) is 20.3 Å². The maximum Gasteiger partial charge on any atom is 0.239 e. The first-order chi connectivity index (χ1) is 6.66. The van der Waals surface area contributed by atoms with Crippen molar-refractivity contribution in [3.63, 3.8) is 0 Å². The summed E-state index contributed by atoms with van der Waals surface area (Å²) in [5.74, 6) is 0.727. The Morgan fingerprint density at radius 2 is 2.21 bits per heavy atom. The Balaban J connectivity index is 2.52. The summed E-state index contributed by atoms with van der Waals surface area (Å²) in [6.07, 6.45) is 0. The smallest absolute Gasteiger partial charge is 0.239 e. The zero-order valence-corrected chi connectivity index (χ0v) is 8.62. The van der Waals surface area contributed by atoms with Crippen molar-refractivity contribution in [2.24, 2.45) is 0 Å². The van der Waals surface area contributed by atoms with Crippen LogP contribution in [0.4, 0.5) is 5.95 Å². The number of aromatic nitrogens is 3. The Bertz CT molecular complexity index is 468. The molecular weight excluding hydrogens is 248 g/mol. The summed E-state index contributed by atoms with van der Waals surface area (Å²) in [6.45, 7) is 0. The maximum absolute atomic E-state index is 9.60. The molecule has 72 valence electrons. The lowest BCUT2D eigenvalue weighted by atomic mass is 10.2. The SMILES string of the molecule is Nc1n[nH]c(-c2ccc(Br)cc2O)n1. The highest BCUT2D eigenvalue weighted by Gasteiger charge is 2.08. The lowest BCUT2D eigenvalue weighted by molar-refractivity contribution is 0.476. The molecule has 2 aromatic rings. The molecule has 1 heterocycles. The molecule has 1 aromatic heterocycles. The molecule has 0 radical (unpaired) electrons. The minimum absolute atomic E-state index is 0.121. The molecule has 14 heavy (non-hydrogen) atoms. The summed E-state index contributed by atoms with van der Waals surface area (Å²) in [4.78, 5) is 3.91. The molecular formula is C8H7BrN4O. The van der Waals surface area contributed by atoms with Crippen LogP contribution in [0.5, 0.6) is 5.75 Å². The van der Waals surface area contributed by atoms with Gasteiger partial charge in [-0.3, -0.25) is 5.10 Å². The van der Waals surface area contributed by atoms with Crippen LogP contribution in [0, 0.1) is 0 Å². The second kappa shape index (κ2) is 3.30. The van der Waals surface area contributed by atoms with E-state index >= 15 is 0 Å². The number of aromatic amines is 1. The van der Waals surface area contributed by atoms with Crippen molar-refractivity contribution in [2.75, 3.05) is 5.73 Å². The van der Waals surface area contributed by atoms with E-state index in [1.807, 2.05) is 0 Å². The number of phenolic OH excluding ortho intramolecular Hbond substituents is 1. The number of rotatable bonds is 1. The molecule has 0 saturated heterocycles. The van der Waals surface area contributed by atoms with Crippen LogP contribution in [0.15, 0.2) is 22.7 Å². The standard InChI is InChI=1S/C8H7BrN4O/c9-4-1-2-5(6(14)3-4)7-11-8(10)13-12-7/h1-3,14H,(H3,10,11,12,13). The average molecular weight is 255 g/mol. The first-order valence-electron chi connectivity index (χ1n) is 3.83. The number of H-pyrrole nitrogens is 1. The third kappa shape index (κ3) is 1.56. The van der Waals surface area contributed by atoms with Gasteiger partial charge in [0, 0.05) is 4.47 Å². The minimum atomic E-state index is 0.121. The molecule has 0 saturated carbocycles. The summed E-state index contributed by atoms with van der Waals surface area (Å²) in [5, 5.41) is 15.9. The van der Waals surface area contributed by atoms with E-state index in [4.69, 9.17) is 5.73 Å². The van der Waals surface area contributed by atoms with E-state index in [1.165, 1.54) is 0 Å². The number of anilines is 1. The van der Waals surface area contributed by atoms with Gasteiger partial charge in [-0.2, -0.15) is 4.98 Å². The van der Waals surface area contributed by atoms with E-state index in [0.29, 0.717) is 11.4 Å². The molecule has 0 unspecified atom stereocenters. The second-order valence-electron chi connectivity index (χ2n) is 2.70. The van der Waals surface area contributed by atoms with E-state index < -0.39 is 0 Å². The number of nitrogens with zero attached hydrogens (tertiary/aromatic N) is 2. The number of aromatic hydroxyl groups is 1. The van der Waals surface area contributed by atoms with Gasteiger partial charge in [0.05, 0.1) is 5.56 Å². The summed E-state index contributed by atoms with van der Waals surface area (Å²) in [6, 6.07) is 5.10. The number of nitrogens with one attached hydrogen (secondary N) is 1. The van der Waals surface area contributed by atoms with Crippen LogP contribution >= 0.6 is 15.9 Å². The van der Waals surface area contributed by atoms with Gasteiger partial charge in [0.2, 0.25) is 5.95 Å². The fraction of sp³-hybridized carbons (Fsp3) is 0. The van der Waals surface area contributed by atoms with Crippen molar-refractivity contribution in [3.8, 4) is 17.1 Å². The van der Waals surface area contributed by atoms with Crippen LogP contribution in [0.25, 0.3) is 11.4 Å². The van der Waals surface area contributed by atoms with Gasteiger partial charge in [0.25, 0.3) is 0 Å². The predicted octanol–water partition coefficient (Wildman–Crippen LogP) is 1.52. The first kappa shape index (κ1) is 9.01. The second-order valence-corrected chi connectivity index (χ2v) is 3.62. The summed E-state index contributed by atoms with van der Waals surface area (Å²) < 4.78 is 0.797. The topological polar surface area (TPSA) is 87.8 Å². The molecule has 0 aliphatic heterocycles.